The summed E-state index contributed by atoms with van der Waals surface area (Å²) in [7, 11) is 4.93. The summed E-state index contributed by atoms with van der Waals surface area (Å²) < 4.78 is 23.9. The molecular weight excluding hydrogens is 341 g/mol. The van der Waals surface area contributed by atoms with Crippen molar-refractivity contribution >= 4 is 17.7 Å². The molecule has 0 atom stereocenters. The predicted octanol–water partition coefficient (Wildman–Crippen LogP) is 3.73. The Kier molecular flexibility index (Phi) is 7.13. The van der Waals surface area contributed by atoms with Gasteiger partial charge in [0.2, 0.25) is 5.91 Å². The molecule has 2 aromatic rings. The molecule has 0 unspecified atom stereocenters. The molecule has 0 bridgehead atoms. The first kappa shape index (κ1) is 19.1. The highest BCUT2D eigenvalue weighted by Crippen LogP contribution is 2.24. The van der Waals surface area contributed by atoms with E-state index in [1.807, 2.05) is 24.3 Å². The Morgan fingerprint density at radius 1 is 1.08 bits per heavy atom. The van der Waals surface area contributed by atoms with Crippen LogP contribution in [0.25, 0.3) is 0 Å². The second kappa shape index (κ2) is 9.32. The zero-order chi connectivity index (χ0) is 18.2. The summed E-state index contributed by atoms with van der Waals surface area (Å²) in [4.78, 5) is 14.0. The van der Waals surface area contributed by atoms with Crippen LogP contribution in [-0.4, -0.2) is 37.8 Å². The zero-order valence-corrected chi connectivity index (χ0v) is 15.4. The summed E-state index contributed by atoms with van der Waals surface area (Å²) in [5.41, 5.74) is 1.70. The molecule has 0 N–H and O–H groups in total. The fourth-order valence-corrected chi connectivity index (χ4v) is 3.34. The van der Waals surface area contributed by atoms with E-state index in [0.717, 1.165) is 16.9 Å². The molecule has 2 aromatic carbocycles. The lowest BCUT2D eigenvalue weighted by molar-refractivity contribution is -0.127. The molecule has 0 saturated heterocycles. The lowest BCUT2D eigenvalue weighted by atomic mass is 10.2. The minimum absolute atomic E-state index is 0.00581. The van der Waals surface area contributed by atoms with Gasteiger partial charge in [-0.2, -0.15) is 0 Å². The van der Waals surface area contributed by atoms with Crippen LogP contribution in [0, 0.1) is 5.82 Å². The maximum Gasteiger partial charge on any atom is 0.232 e. The summed E-state index contributed by atoms with van der Waals surface area (Å²) >= 11 is 1.43. The minimum atomic E-state index is -0.309. The van der Waals surface area contributed by atoms with Crippen LogP contribution in [0.4, 0.5) is 4.39 Å². The van der Waals surface area contributed by atoms with Crippen LogP contribution < -0.4 is 9.47 Å². The van der Waals surface area contributed by atoms with Gasteiger partial charge in [-0.05, 0) is 24.3 Å². The summed E-state index contributed by atoms with van der Waals surface area (Å²) in [5, 5.41) is 0. The van der Waals surface area contributed by atoms with Gasteiger partial charge in [-0.25, -0.2) is 4.39 Å². The van der Waals surface area contributed by atoms with Crippen LogP contribution in [0.15, 0.2) is 42.5 Å². The Morgan fingerprint density at radius 3 is 2.48 bits per heavy atom. The van der Waals surface area contributed by atoms with Crippen molar-refractivity contribution in [3.8, 4) is 11.5 Å². The van der Waals surface area contributed by atoms with E-state index in [1.165, 1.54) is 23.9 Å². The standard InChI is InChI=1S/C19H22FNO3S/c1-21(11-14-6-4-5-7-17(14)23-2)19(22)13-25-12-15-10-16(20)8-9-18(15)24-3/h4-10H,11-13H2,1-3H3. The smallest absolute Gasteiger partial charge is 0.232 e. The fraction of sp³-hybridized carbons (Fsp3) is 0.316. The normalized spacial score (nSPS) is 10.4. The van der Waals surface area contributed by atoms with Crippen molar-refractivity contribution in [2.24, 2.45) is 0 Å². The predicted molar refractivity (Wildman–Crippen MR) is 98.6 cm³/mol. The van der Waals surface area contributed by atoms with Crippen molar-refractivity contribution in [3.63, 3.8) is 0 Å². The molecule has 134 valence electrons. The molecule has 0 aliphatic carbocycles. The second-order valence-corrected chi connectivity index (χ2v) is 6.50. The van der Waals surface area contributed by atoms with E-state index in [-0.39, 0.29) is 11.7 Å². The summed E-state index contributed by atoms with van der Waals surface area (Å²) in [6.45, 7) is 0.479. The highest BCUT2D eigenvalue weighted by Gasteiger charge is 2.13. The van der Waals surface area contributed by atoms with Crippen molar-refractivity contribution in [2.45, 2.75) is 12.3 Å². The van der Waals surface area contributed by atoms with Gasteiger partial charge >= 0.3 is 0 Å². The van der Waals surface area contributed by atoms with Crippen LogP contribution in [0.2, 0.25) is 0 Å². The Hall–Kier alpha value is -2.21. The van der Waals surface area contributed by atoms with E-state index in [2.05, 4.69) is 0 Å². The number of methoxy groups -OCH3 is 2. The zero-order valence-electron chi connectivity index (χ0n) is 14.6. The van der Waals surface area contributed by atoms with E-state index < -0.39 is 0 Å². The van der Waals surface area contributed by atoms with Crippen LogP contribution in [0.1, 0.15) is 11.1 Å². The number of hydrogen-bond donors (Lipinski definition) is 0. The van der Waals surface area contributed by atoms with Gasteiger partial charge in [-0.15, -0.1) is 11.8 Å². The SMILES string of the molecule is COc1ccc(F)cc1CSCC(=O)N(C)Cc1ccccc1OC. The first-order valence-corrected chi connectivity index (χ1v) is 8.96. The van der Waals surface area contributed by atoms with Gasteiger partial charge in [-0.3, -0.25) is 4.79 Å². The molecule has 0 aromatic heterocycles. The van der Waals surface area contributed by atoms with Gasteiger partial charge in [0.25, 0.3) is 0 Å². The van der Waals surface area contributed by atoms with Gasteiger partial charge < -0.3 is 14.4 Å². The number of halogens is 1. The van der Waals surface area contributed by atoms with Crippen LogP contribution in [0.5, 0.6) is 11.5 Å². The lowest BCUT2D eigenvalue weighted by Gasteiger charge is -2.19. The van der Waals surface area contributed by atoms with Crippen LogP contribution in [0.3, 0.4) is 0 Å². The number of benzene rings is 2. The number of rotatable bonds is 8. The summed E-state index contributed by atoms with van der Waals surface area (Å²) in [6, 6.07) is 12.0. The second-order valence-electron chi connectivity index (χ2n) is 5.51. The maximum absolute atomic E-state index is 13.4. The van der Waals surface area contributed by atoms with Gasteiger partial charge in [0.1, 0.15) is 17.3 Å². The topological polar surface area (TPSA) is 38.8 Å². The Labute approximate surface area is 151 Å². The number of carbonyl (C=O) groups is 1. The van der Waals surface area contributed by atoms with Gasteiger partial charge in [0.15, 0.2) is 0 Å². The number of thioether (sulfide) groups is 1. The highest BCUT2D eigenvalue weighted by atomic mass is 32.2. The molecule has 0 aliphatic heterocycles. The fourth-order valence-electron chi connectivity index (χ4n) is 2.40. The summed E-state index contributed by atoms with van der Waals surface area (Å²) in [6.07, 6.45) is 0. The average Bonchev–Trinajstić information content (AvgIpc) is 2.62. The molecule has 0 spiro atoms. The molecule has 0 heterocycles. The molecule has 0 radical (unpaired) electrons. The van der Waals surface area contributed by atoms with E-state index in [1.54, 1.807) is 32.2 Å². The number of amides is 1. The molecule has 2 rings (SSSR count). The highest BCUT2D eigenvalue weighted by molar-refractivity contribution is 7.99. The van der Waals surface area contributed by atoms with Gasteiger partial charge in [0.05, 0.1) is 20.0 Å². The average molecular weight is 363 g/mol. The number of carbonyl (C=O) groups excluding carboxylic acids is 1. The first-order chi connectivity index (χ1) is 12.0. The Balaban J connectivity index is 1.89. The van der Waals surface area contributed by atoms with E-state index >= 15 is 0 Å². The van der Waals surface area contributed by atoms with E-state index in [0.29, 0.717) is 23.8 Å². The molecule has 4 nitrogen and oxygen atoms in total. The summed E-state index contributed by atoms with van der Waals surface area (Å²) in [5.74, 6) is 1.91. The first-order valence-electron chi connectivity index (χ1n) is 7.81. The Morgan fingerprint density at radius 2 is 1.76 bits per heavy atom. The van der Waals surface area contributed by atoms with Crippen molar-refractivity contribution in [1.29, 1.82) is 0 Å². The van der Waals surface area contributed by atoms with Crippen LogP contribution in [-0.2, 0) is 17.1 Å². The molecule has 0 fully saturated rings. The number of ether oxygens (including phenoxy) is 2. The lowest BCUT2D eigenvalue weighted by Crippen LogP contribution is -2.28. The number of para-hydroxylation sites is 1. The molecular formula is C19H22FNO3S. The van der Waals surface area contributed by atoms with Crippen LogP contribution >= 0.6 is 11.8 Å². The third-order valence-corrected chi connectivity index (χ3v) is 4.72. The Bertz CT molecular complexity index is 724. The third-order valence-electron chi connectivity index (χ3n) is 3.75. The molecule has 1 amide bonds. The molecule has 0 aliphatic rings. The number of nitrogens with zero attached hydrogens (tertiary/aromatic N) is 1. The van der Waals surface area contributed by atoms with Crippen molar-refractivity contribution in [1.82, 2.24) is 4.90 Å². The molecule has 0 saturated carbocycles. The van der Waals surface area contributed by atoms with E-state index in [9.17, 15) is 9.18 Å². The van der Waals surface area contributed by atoms with Crippen molar-refractivity contribution in [2.75, 3.05) is 27.0 Å². The molecule has 25 heavy (non-hydrogen) atoms. The monoisotopic (exact) mass is 363 g/mol. The van der Waals surface area contributed by atoms with Crippen molar-refractivity contribution in [3.05, 3.63) is 59.4 Å². The largest absolute Gasteiger partial charge is 0.496 e. The molecule has 6 heteroatoms. The maximum atomic E-state index is 13.4. The minimum Gasteiger partial charge on any atom is -0.496 e. The number of hydrogen-bond acceptors (Lipinski definition) is 4. The van der Waals surface area contributed by atoms with E-state index in [4.69, 9.17) is 9.47 Å². The third kappa shape index (κ3) is 5.39. The van der Waals surface area contributed by atoms with Gasteiger partial charge in [-0.1, -0.05) is 18.2 Å². The quantitative estimate of drug-likeness (QED) is 0.716. The van der Waals surface area contributed by atoms with Gasteiger partial charge in [0, 0.05) is 30.5 Å². The van der Waals surface area contributed by atoms with Crippen molar-refractivity contribution < 1.29 is 18.7 Å².